The summed E-state index contributed by atoms with van der Waals surface area (Å²) in [5, 5.41) is 22.1. The Kier molecular flexibility index (Phi) is 4.49. The first-order valence-electron chi connectivity index (χ1n) is 8.24. The third kappa shape index (κ3) is 3.02. The predicted octanol–water partition coefficient (Wildman–Crippen LogP) is 3.17. The summed E-state index contributed by atoms with van der Waals surface area (Å²) >= 11 is 0. The number of anilines is 1. The van der Waals surface area contributed by atoms with Crippen molar-refractivity contribution in [3.63, 3.8) is 0 Å². The van der Waals surface area contributed by atoms with E-state index in [-0.39, 0.29) is 0 Å². The first-order chi connectivity index (χ1) is 11.1. The van der Waals surface area contributed by atoms with Crippen molar-refractivity contribution < 1.29 is 5.11 Å². The van der Waals surface area contributed by atoms with Crippen LogP contribution < -0.4 is 5.32 Å². The van der Waals surface area contributed by atoms with Crippen molar-refractivity contribution in [3.8, 4) is 6.07 Å². The van der Waals surface area contributed by atoms with Crippen LogP contribution in [-0.2, 0) is 0 Å². The van der Waals surface area contributed by atoms with Gasteiger partial charge in [-0.3, -0.25) is 0 Å². The smallest absolute Gasteiger partial charge is 0.138 e. The largest absolute Gasteiger partial charge is 0.385 e. The standard InChI is InChI=1S/C17H23N5O/c1-11(23)17-21-14-10-20-16(19-2)9-15(14)22(17)13-5-3-12(4-6-13)7-8-18/h9-13,23H,3-7H2,1-2H3,(H,19,20)/t11?,12-,13-. The van der Waals surface area contributed by atoms with Gasteiger partial charge in [-0.05, 0) is 38.5 Å². The second-order valence-corrected chi connectivity index (χ2v) is 6.36. The third-order valence-corrected chi connectivity index (χ3v) is 4.79. The number of nitrogens with one attached hydrogen (secondary N) is 1. The maximum absolute atomic E-state index is 10.1. The fraction of sp³-hybridized carbons (Fsp3) is 0.588. The topological polar surface area (TPSA) is 86.8 Å². The van der Waals surface area contributed by atoms with Crippen molar-refractivity contribution in [2.24, 2.45) is 5.92 Å². The summed E-state index contributed by atoms with van der Waals surface area (Å²) in [7, 11) is 1.84. The van der Waals surface area contributed by atoms with Gasteiger partial charge in [0.15, 0.2) is 0 Å². The molecule has 2 aromatic rings. The average Bonchev–Trinajstić information content (AvgIpc) is 2.94. The van der Waals surface area contributed by atoms with Gasteiger partial charge in [-0.2, -0.15) is 5.26 Å². The highest BCUT2D eigenvalue weighted by Crippen LogP contribution is 2.37. The van der Waals surface area contributed by atoms with Crippen LogP contribution in [0.15, 0.2) is 12.3 Å². The number of rotatable bonds is 4. The van der Waals surface area contributed by atoms with Crippen molar-refractivity contribution in [3.05, 3.63) is 18.1 Å². The first kappa shape index (κ1) is 15.8. The van der Waals surface area contributed by atoms with Crippen LogP contribution in [0.1, 0.15) is 57.0 Å². The maximum atomic E-state index is 10.1. The van der Waals surface area contributed by atoms with Crippen molar-refractivity contribution in [2.45, 2.75) is 51.2 Å². The monoisotopic (exact) mass is 313 g/mol. The van der Waals surface area contributed by atoms with Gasteiger partial charge in [0.25, 0.3) is 0 Å². The van der Waals surface area contributed by atoms with Gasteiger partial charge in [-0.1, -0.05) is 0 Å². The number of hydrogen-bond acceptors (Lipinski definition) is 5. The lowest BCUT2D eigenvalue weighted by Crippen LogP contribution is -2.20. The minimum Gasteiger partial charge on any atom is -0.385 e. The molecule has 0 bridgehead atoms. The number of imidazole rings is 1. The minimum atomic E-state index is -0.614. The minimum absolute atomic E-state index is 0.326. The number of hydrogen-bond donors (Lipinski definition) is 2. The van der Waals surface area contributed by atoms with E-state index in [1.165, 1.54) is 0 Å². The zero-order valence-electron chi connectivity index (χ0n) is 13.7. The summed E-state index contributed by atoms with van der Waals surface area (Å²) in [5.74, 6) is 2.02. The number of aromatic nitrogens is 3. The predicted molar refractivity (Wildman–Crippen MR) is 88.9 cm³/mol. The number of aliphatic hydroxyl groups is 1. The molecule has 0 aliphatic heterocycles. The quantitative estimate of drug-likeness (QED) is 0.905. The second kappa shape index (κ2) is 6.55. The first-order valence-corrected chi connectivity index (χ1v) is 8.24. The van der Waals surface area contributed by atoms with E-state index in [9.17, 15) is 5.11 Å². The number of nitrogens with zero attached hydrogens (tertiary/aromatic N) is 4. The normalized spacial score (nSPS) is 22.7. The number of pyridine rings is 1. The molecule has 122 valence electrons. The average molecular weight is 313 g/mol. The molecule has 3 rings (SSSR count). The highest BCUT2D eigenvalue weighted by Gasteiger charge is 2.27. The van der Waals surface area contributed by atoms with Crippen molar-refractivity contribution in [1.29, 1.82) is 5.26 Å². The van der Waals surface area contributed by atoms with Crippen molar-refractivity contribution in [1.82, 2.24) is 14.5 Å². The van der Waals surface area contributed by atoms with E-state index in [1.807, 2.05) is 13.1 Å². The second-order valence-electron chi connectivity index (χ2n) is 6.36. The fourth-order valence-corrected chi connectivity index (χ4v) is 3.57. The van der Waals surface area contributed by atoms with Crippen LogP contribution in [0.25, 0.3) is 11.0 Å². The van der Waals surface area contributed by atoms with Crippen molar-refractivity contribution in [2.75, 3.05) is 12.4 Å². The van der Waals surface area contributed by atoms with Crippen LogP contribution in [0.5, 0.6) is 0 Å². The van der Waals surface area contributed by atoms with Crippen LogP contribution in [-0.4, -0.2) is 26.7 Å². The zero-order chi connectivity index (χ0) is 16.4. The molecule has 1 fully saturated rings. The third-order valence-electron chi connectivity index (χ3n) is 4.79. The Bertz CT molecular complexity index is 722. The molecule has 0 saturated heterocycles. The molecule has 2 aromatic heterocycles. The Hall–Kier alpha value is -2.13. The zero-order valence-corrected chi connectivity index (χ0v) is 13.7. The Balaban J connectivity index is 1.98. The summed E-state index contributed by atoms with van der Waals surface area (Å²) in [6.45, 7) is 1.76. The van der Waals surface area contributed by atoms with Gasteiger partial charge < -0.3 is 15.0 Å². The Morgan fingerprint density at radius 3 is 2.78 bits per heavy atom. The van der Waals surface area contributed by atoms with E-state index >= 15 is 0 Å². The van der Waals surface area contributed by atoms with E-state index in [1.54, 1.807) is 13.1 Å². The summed E-state index contributed by atoms with van der Waals surface area (Å²) in [4.78, 5) is 8.90. The van der Waals surface area contributed by atoms with Crippen molar-refractivity contribution >= 4 is 16.9 Å². The molecule has 1 unspecified atom stereocenters. The highest BCUT2D eigenvalue weighted by atomic mass is 16.3. The number of aliphatic hydroxyl groups excluding tert-OH is 1. The molecule has 1 atom stereocenters. The fourth-order valence-electron chi connectivity index (χ4n) is 3.57. The lowest BCUT2D eigenvalue weighted by molar-refractivity contribution is 0.175. The molecule has 6 nitrogen and oxygen atoms in total. The Morgan fingerprint density at radius 1 is 1.43 bits per heavy atom. The summed E-state index contributed by atoms with van der Waals surface area (Å²) in [6.07, 6.45) is 5.95. The van der Waals surface area contributed by atoms with Crippen LogP contribution in [0.2, 0.25) is 0 Å². The molecule has 2 heterocycles. The molecular weight excluding hydrogens is 290 g/mol. The van der Waals surface area contributed by atoms with E-state index < -0.39 is 6.10 Å². The molecule has 0 amide bonds. The lowest BCUT2D eigenvalue weighted by atomic mass is 9.84. The van der Waals surface area contributed by atoms with E-state index in [2.05, 4.69) is 25.9 Å². The lowest BCUT2D eigenvalue weighted by Gasteiger charge is -2.30. The number of nitriles is 1. The van der Waals surface area contributed by atoms with Gasteiger partial charge in [0, 0.05) is 25.6 Å². The molecule has 0 aromatic carbocycles. The van der Waals surface area contributed by atoms with Crippen LogP contribution in [0.3, 0.4) is 0 Å². The van der Waals surface area contributed by atoms with Crippen LogP contribution in [0, 0.1) is 17.2 Å². The number of fused-ring (bicyclic) bond motifs is 1. The van der Waals surface area contributed by atoms with Gasteiger partial charge in [0.1, 0.15) is 23.3 Å². The van der Waals surface area contributed by atoms with Crippen LogP contribution >= 0.6 is 0 Å². The Labute approximate surface area is 136 Å². The molecule has 6 heteroatoms. The molecular formula is C17H23N5O. The van der Waals surface area contributed by atoms with Gasteiger partial charge >= 0.3 is 0 Å². The van der Waals surface area contributed by atoms with E-state index in [4.69, 9.17) is 5.26 Å². The SMILES string of the molecule is CNc1cc2c(cn1)nc(C(C)O)n2[C@H]1CC[C@H](CC#N)CC1. The summed E-state index contributed by atoms with van der Waals surface area (Å²) in [6, 6.07) is 4.61. The van der Waals surface area contributed by atoms with Gasteiger partial charge in [-0.25, -0.2) is 9.97 Å². The molecule has 23 heavy (non-hydrogen) atoms. The van der Waals surface area contributed by atoms with Crippen LogP contribution in [0.4, 0.5) is 5.82 Å². The maximum Gasteiger partial charge on any atom is 0.138 e. The van der Waals surface area contributed by atoms with E-state index in [0.29, 0.717) is 24.2 Å². The molecule has 0 radical (unpaired) electrons. The van der Waals surface area contributed by atoms with Gasteiger partial charge in [0.05, 0.1) is 17.8 Å². The molecule has 2 N–H and O–H groups in total. The molecule has 1 aliphatic rings. The molecule has 1 saturated carbocycles. The van der Waals surface area contributed by atoms with Gasteiger partial charge in [-0.15, -0.1) is 0 Å². The Morgan fingerprint density at radius 2 is 2.17 bits per heavy atom. The molecule has 1 aliphatic carbocycles. The molecule has 0 spiro atoms. The van der Waals surface area contributed by atoms with Gasteiger partial charge in [0.2, 0.25) is 0 Å². The summed E-state index contributed by atoms with van der Waals surface area (Å²) < 4.78 is 2.19. The highest BCUT2D eigenvalue weighted by molar-refractivity contribution is 5.78. The summed E-state index contributed by atoms with van der Waals surface area (Å²) in [5.41, 5.74) is 1.84. The van der Waals surface area contributed by atoms with E-state index in [0.717, 1.165) is 42.5 Å².